The molecule has 1 aliphatic heterocycles. The largest absolute Gasteiger partial charge is 0.317 e. The summed E-state index contributed by atoms with van der Waals surface area (Å²) in [5.41, 5.74) is 0.632. The van der Waals surface area contributed by atoms with E-state index in [1.807, 2.05) is 0 Å². The maximum Gasteiger partial charge on any atom is 0.140 e. The summed E-state index contributed by atoms with van der Waals surface area (Å²) < 4.78 is 26.2. The van der Waals surface area contributed by atoms with E-state index in [2.05, 4.69) is 5.32 Å². The lowest BCUT2D eigenvalue weighted by molar-refractivity contribution is -0.120. The molecule has 19 heavy (non-hydrogen) atoms. The summed E-state index contributed by atoms with van der Waals surface area (Å²) in [6, 6.07) is 3.33. The van der Waals surface area contributed by atoms with Gasteiger partial charge < -0.3 is 5.32 Å². The first kappa shape index (κ1) is 12.7. The number of piperidine rings is 1. The van der Waals surface area contributed by atoms with Crippen molar-refractivity contribution in [2.75, 3.05) is 13.1 Å². The Morgan fingerprint density at radius 2 is 1.84 bits per heavy atom. The Kier molecular flexibility index (Phi) is 3.13. The van der Waals surface area contributed by atoms with Crippen LogP contribution in [0.5, 0.6) is 0 Å². The molecule has 0 aromatic heterocycles. The topological polar surface area (TPSA) is 29.1 Å². The molecule has 2 nitrogen and oxygen atoms in total. The fraction of sp³-hybridized carbons (Fsp3) is 0.533. The molecule has 1 N–H and O–H groups in total. The van der Waals surface area contributed by atoms with Gasteiger partial charge in [-0.3, -0.25) is 4.79 Å². The van der Waals surface area contributed by atoms with Gasteiger partial charge in [-0.25, -0.2) is 8.78 Å². The minimum Gasteiger partial charge on any atom is -0.317 e. The maximum atomic E-state index is 13.1. The molecule has 102 valence electrons. The van der Waals surface area contributed by atoms with Crippen molar-refractivity contribution < 1.29 is 13.6 Å². The molecule has 1 saturated carbocycles. The van der Waals surface area contributed by atoms with E-state index in [1.54, 1.807) is 0 Å². The highest BCUT2D eigenvalue weighted by atomic mass is 19.1. The van der Waals surface area contributed by atoms with E-state index in [1.165, 1.54) is 12.1 Å². The highest BCUT2D eigenvalue weighted by molar-refractivity contribution is 5.86. The molecule has 0 amide bonds. The number of benzene rings is 1. The summed E-state index contributed by atoms with van der Waals surface area (Å²) >= 11 is 0. The van der Waals surface area contributed by atoms with Crippen LogP contribution in [0.25, 0.3) is 0 Å². The van der Waals surface area contributed by atoms with Crippen molar-refractivity contribution in [3.8, 4) is 0 Å². The highest BCUT2D eigenvalue weighted by Gasteiger charge is 2.56. The lowest BCUT2D eigenvalue weighted by atomic mass is 9.89. The molecule has 1 saturated heterocycles. The van der Waals surface area contributed by atoms with Crippen LogP contribution >= 0.6 is 0 Å². The molecule has 2 fully saturated rings. The standard InChI is InChI=1S/C15H17F2NO/c16-11-5-10(6-12(17)8-11)7-14(19)13-9-15(13)1-3-18-4-2-15/h5-6,8,13,18H,1-4,7,9H2. The van der Waals surface area contributed by atoms with Crippen LogP contribution in [0.3, 0.4) is 0 Å². The number of Topliss-reactive ketones (excluding diaryl/α,β-unsaturated/α-hetero) is 1. The summed E-state index contributed by atoms with van der Waals surface area (Å²) in [5, 5.41) is 3.29. The highest BCUT2D eigenvalue weighted by Crippen LogP contribution is 2.59. The fourth-order valence-corrected chi connectivity index (χ4v) is 3.32. The molecule has 4 heteroatoms. The average Bonchev–Trinajstić information content (AvgIpc) is 3.02. The van der Waals surface area contributed by atoms with E-state index in [9.17, 15) is 13.6 Å². The van der Waals surface area contributed by atoms with Crippen molar-refractivity contribution in [1.82, 2.24) is 5.32 Å². The van der Waals surface area contributed by atoms with Crippen molar-refractivity contribution >= 4 is 5.78 Å². The lowest BCUT2D eigenvalue weighted by Crippen LogP contribution is -2.31. The van der Waals surface area contributed by atoms with Gasteiger partial charge in [0.15, 0.2) is 0 Å². The molecule has 2 aliphatic rings. The van der Waals surface area contributed by atoms with Crippen LogP contribution in [0.2, 0.25) is 0 Å². The number of carbonyl (C=O) groups is 1. The van der Waals surface area contributed by atoms with Crippen molar-refractivity contribution in [2.24, 2.45) is 11.3 Å². The second-order valence-corrected chi connectivity index (χ2v) is 5.79. The third-order valence-corrected chi connectivity index (χ3v) is 4.48. The molecule has 0 bridgehead atoms. The molecule has 1 spiro atoms. The number of hydrogen-bond acceptors (Lipinski definition) is 2. The molecule has 1 aromatic rings. The van der Waals surface area contributed by atoms with E-state index >= 15 is 0 Å². The van der Waals surface area contributed by atoms with Crippen molar-refractivity contribution in [2.45, 2.75) is 25.7 Å². The maximum absolute atomic E-state index is 13.1. The Morgan fingerprint density at radius 3 is 2.47 bits per heavy atom. The van der Waals surface area contributed by atoms with Gasteiger partial charge in [0.25, 0.3) is 0 Å². The first-order chi connectivity index (χ1) is 9.09. The van der Waals surface area contributed by atoms with Crippen molar-refractivity contribution in [3.63, 3.8) is 0 Å². The SMILES string of the molecule is O=C(Cc1cc(F)cc(F)c1)C1CC12CCNCC2. The molecule has 1 aliphatic carbocycles. The van der Waals surface area contributed by atoms with Gasteiger partial charge in [-0.2, -0.15) is 0 Å². The molecular formula is C15H17F2NO. The van der Waals surface area contributed by atoms with Crippen LogP contribution in [-0.4, -0.2) is 18.9 Å². The van der Waals surface area contributed by atoms with Crippen molar-refractivity contribution in [1.29, 1.82) is 0 Å². The Hall–Kier alpha value is -1.29. The van der Waals surface area contributed by atoms with E-state index in [-0.39, 0.29) is 23.5 Å². The molecule has 1 heterocycles. The first-order valence-electron chi connectivity index (χ1n) is 6.77. The summed E-state index contributed by atoms with van der Waals surface area (Å²) in [6.45, 7) is 1.94. The van der Waals surface area contributed by atoms with Crippen LogP contribution in [0.4, 0.5) is 8.78 Å². The number of halogens is 2. The summed E-state index contributed by atoms with van der Waals surface area (Å²) in [6.07, 6.45) is 3.18. The Bertz CT molecular complexity index is 489. The van der Waals surface area contributed by atoms with Crippen LogP contribution in [0.1, 0.15) is 24.8 Å². The van der Waals surface area contributed by atoms with Crippen LogP contribution in [0, 0.1) is 23.0 Å². The Balaban J connectivity index is 1.66. The van der Waals surface area contributed by atoms with Crippen molar-refractivity contribution in [3.05, 3.63) is 35.4 Å². The Morgan fingerprint density at radius 1 is 1.21 bits per heavy atom. The average molecular weight is 265 g/mol. The number of hydrogen-bond donors (Lipinski definition) is 1. The third-order valence-electron chi connectivity index (χ3n) is 4.48. The second kappa shape index (κ2) is 4.67. The molecule has 0 radical (unpaired) electrons. The summed E-state index contributed by atoms with van der Waals surface area (Å²) in [4.78, 5) is 12.2. The zero-order valence-corrected chi connectivity index (χ0v) is 10.7. The van der Waals surface area contributed by atoms with Gasteiger partial charge in [-0.1, -0.05) is 0 Å². The number of carbonyl (C=O) groups excluding carboxylic acids is 1. The van der Waals surface area contributed by atoms with Gasteiger partial charge in [-0.15, -0.1) is 0 Å². The smallest absolute Gasteiger partial charge is 0.140 e. The normalized spacial score (nSPS) is 24.4. The van der Waals surface area contributed by atoms with Gasteiger partial charge in [0.2, 0.25) is 0 Å². The number of rotatable bonds is 3. The minimum atomic E-state index is -0.616. The first-order valence-corrected chi connectivity index (χ1v) is 6.77. The van der Waals surface area contributed by atoms with Gasteiger partial charge >= 0.3 is 0 Å². The molecule has 3 rings (SSSR count). The van der Waals surface area contributed by atoms with Crippen LogP contribution in [0.15, 0.2) is 18.2 Å². The van der Waals surface area contributed by atoms with E-state index in [0.29, 0.717) is 5.56 Å². The van der Waals surface area contributed by atoms with E-state index < -0.39 is 11.6 Å². The van der Waals surface area contributed by atoms with Crippen LogP contribution in [-0.2, 0) is 11.2 Å². The predicted octanol–water partition coefficient (Wildman–Crippen LogP) is 2.47. The molecule has 1 atom stereocenters. The van der Waals surface area contributed by atoms with Gasteiger partial charge in [0, 0.05) is 18.4 Å². The van der Waals surface area contributed by atoms with Gasteiger partial charge in [0.05, 0.1) is 0 Å². The zero-order chi connectivity index (χ0) is 13.5. The lowest BCUT2D eigenvalue weighted by Gasteiger charge is -2.23. The zero-order valence-electron chi connectivity index (χ0n) is 10.7. The van der Waals surface area contributed by atoms with E-state index in [0.717, 1.165) is 38.4 Å². The molecule has 1 aromatic carbocycles. The molecule has 1 unspecified atom stereocenters. The predicted molar refractivity (Wildman–Crippen MR) is 67.7 cm³/mol. The number of ketones is 1. The third kappa shape index (κ3) is 2.54. The van der Waals surface area contributed by atoms with Crippen LogP contribution < -0.4 is 5.32 Å². The molecular weight excluding hydrogens is 248 g/mol. The van der Waals surface area contributed by atoms with Gasteiger partial charge in [-0.05, 0) is 55.5 Å². The Labute approximate surface area is 111 Å². The fourth-order valence-electron chi connectivity index (χ4n) is 3.32. The van der Waals surface area contributed by atoms with E-state index in [4.69, 9.17) is 0 Å². The van der Waals surface area contributed by atoms with Gasteiger partial charge in [0.1, 0.15) is 17.4 Å². The minimum absolute atomic E-state index is 0.0981. The quantitative estimate of drug-likeness (QED) is 0.909. The number of nitrogens with one attached hydrogen (secondary N) is 1. The summed E-state index contributed by atoms with van der Waals surface area (Å²) in [5.74, 6) is -1.00. The monoisotopic (exact) mass is 265 g/mol. The second-order valence-electron chi connectivity index (χ2n) is 5.79. The summed E-state index contributed by atoms with van der Waals surface area (Å²) in [7, 11) is 0.